The van der Waals surface area contributed by atoms with Gasteiger partial charge < -0.3 is 14.6 Å². The van der Waals surface area contributed by atoms with E-state index in [-0.39, 0.29) is 11.8 Å². The van der Waals surface area contributed by atoms with Crippen LogP contribution in [0.25, 0.3) is 11.0 Å². The molecule has 1 aliphatic rings. The molecule has 1 atom stereocenters. The highest BCUT2D eigenvalue weighted by atomic mass is 35.5. The van der Waals surface area contributed by atoms with Gasteiger partial charge >= 0.3 is 0 Å². The monoisotopic (exact) mass is 342 g/mol. The molecule has 3 heterocycles. The van der Waals surface area contributed by atoms with E-state index in [1.54, 1.807) is 36.9 Å². The van der Waals surface area contributed by atoms with Gasteiger partial charge in [0.15, 0.2) is 0 Å². The van der Waals surface area contributed by atoms with E-state index >= 15 is 0 Å². The number of ether oxygens (including phenoxy) is 1. The summed E-state index contributed by atoms with van der Waals surface area (Å²) < 4.78 is 7.48. The van der Waals surface area contributed by atoms with Crippen LogP contribution < -0.4 is 10.1 Å². The Balaban J connectivity index is 1.68. The van der Waals surface area contributed by atoms with Gasteiger partial charge in [-0.2, -0.15) is 0 Å². The summed E-state index contributed by atoms with van der Waals surface area (Å²) in [4.78, 5) is 21.3. The van der Waals surface area contributed by atoms with Gasteiger partial charge in [0.2, 0.25) is 5.91 Å². The zero-order valence-corrected chi connectivity index (χ0v) is 13.7. The molecule has 0 saturated carbocycles. The van der Waals surface area contributed by atoms with Crippen molar-refractivity contribution in [2.75, 3.05) is 11.9 Å². The van der Waals surface area contributed by atoms with Crippen molar-refractivity contribution >= 4 is 34.2 Å². The van der Waals surface area contributed by atoms with Gasteiger partial charge in [0, 0.05) is 17.6 Å². The third kappa shape index (κ3) is 2.49. The number of anilines is 1. The van der Waals surface area contributed by atoms with Crippen LogP contribution in [0.4, 0.5) is 5.69 Å². The normalized spacial score (nSPS) is 16.5. The van der Waals surface area contributed by atoms with E-state index in [1.807, 2.05) is 11.6 Å². The van der Waals surface area contributed by atoms with Crippen LogP contribution in [0.15, 0.2) is 36.9 Å². The molecule has 0 fully saturated rings. The van der Waals surface area contributed by atoms with Gasteiger partial charge in [-0.15, -0.1) is 0 Å². The molecule has 6 nitrogen and oxygen atoms in total. The minimum absolute atomic E-state index is 0.0997. The minimum Gasteiger partial charge on any atom is -0.493 e. The van der Waals surface area contributed by atoms with Crippen LogP contribution in [0, 0.1) is 0 Å². The van der Waals surface area contributed by atoms with Crippen molar-refractivity contribution in [3.63, 3.8) is 0 Å². The number of fused-ring (bicyclic) bond motifs is 2. The van der Waals surface area contributed by atoms with Gasteiger partial charge in [-0.3, -0.25) is 9.78 Å². The zero-order valence-electron chi connectivity index (χ0n) is 13.0. The Morgan fingerprint density at radius 1 is 1.42 bits per heavy atom. The third-order valence-electron chi connectivity index (χ3n) is 4.21. The number of amides is 1. The summed E-state index contributed by atoms with van der Waals surface area (Å²) in [5.74, 6) is 0.302. The van der Waals surface area contributed by atoms with Gasteiger partial charge in [0.05, 0.1) is 42.4 Å². The summed E-state index contributed by atoms with van der Waals surface area (Å²) in [5, 5.41) is 3.57. The number of nitrogens with zero attached hydrogens (tertiary/aromatic N) is 3. The first-order valence-corrected chi connectivity index (χ1v) is 7.99. The number of imidazole rings is 1. The largest absolute Gasteiger partial charge is 0.493 e. The van der Waals surface area contributed by atoms with E-state index < -0.39 is 0 Å². The van der Waals surface area contributed by atoms with E-state index in [9.17, 15) is 4.79 Å². The number of aromatic nitrogens is 3. The third-order valence-corrected chi connectivity index (χ3v) is 4.44. The molecule has 0 bridgehead atoms. The van der Waals surface area contributed by atoms with E-state index in [0.717, 1.165) is 16.6 Å². The first kappa shape index (κ1) is 15.0. The van der Waals surface area contributed by atoms with Crippen molar-refractivity contribution < 1.29 is 9.53 Å². The Hall–Kier alpha value is -2.60. The number of carbonyl (C=O) groups is 1. The molecule has 0 aliphatic carbocycles. The minimum atomic E-state index is -0.309. The topological polar surface area (TPSA) is 69.0 Å². The summed E-state index contributed by atoms with van der Waals surface area (Å²) in [6, 6.07) is 5.37. The highest BCUT2D eigenvalue weighted by Gasteiger charge is 2.28. The van der Waals surface area contributed by atoms with Crippen LogP contribution in [-0.2, 0) is 11.8 Å². The molecular weight excluding hydrogens is 328 g/mol. The molecule has 0 radical (unpaired) electrons. The lowest BCUT2D eigenvalue weighted by Crippen LogP contribution is -2.26. The van der Waals surface area contributed by atoms with Gasteiger partial charge in [-0.1, -0.05) is 11.6 Å². The maximum atomic E-state index is 12.9. The fraction of sp³-hybridized carbons (Fsp3) is 0.235. The van der Waals surface area contributed by atoms with Gasteiger partial charge in [-0.05, 0) is 24.6 Å². The summed E-state index contributed by atoms with van der Waals surface area (Å²) in [5.41, 5.74) is 3.05. The number of rotatable bonds is 2. The molecule has 2 aromatic heterocycles. The number of halogens is 1. The lowest BCUT2D eigenvalue weighted by atomic mass is 9.92. The zero-order chi connectivity index (χ0) is 16.7. The number of pyridine rings is 1. The molecule has 1 aliphatic heterocycles. The van der Waals surface area contributed by atoms with E-state index in [0.29, 0.717) is 29.5 Å². The van der Waals surface area contributed by atoms with E-state index in [1.165, 1.54) is 0 Å². The molecule has 3 aromatic rings. The lowest BCUT2D eigenvalue weighted by Gasteiger charge is -2.25. The van der Waals surface area contributed by atoms with Crippen molar-refractivity contribution in [3.05, 3.63) is 47.5 Å². The maximum absolute atomic E-state index is 12.9. The molecule has 4 rings (SSSR count). The summed E-state index contributed by atoms with van der Waals surface area (Å²) >= 11 is 6.08. The van der Waals surface area contributed by atoms with Gasteiger partial charge in [0.25, 0.3) is 0 Å². The molecule has 7 heteroatoms. The maximum Gasteiger partial charge on any atom is 0.232 e. The quantitative estimate of drug-likeness (QED) is 0.776. The fourth-order valence-corrected chi connectivity index (χ4v) is 3.24. The fourth-order valence-electron chi connectivity index (χ4n) is 3.06. The molecule has 0 saturated heterocycles. The van der Waals surface area contributed by atoms with Crippen LogP contribution in [0.2, 0.25) is 5.02 Å². The number of hydrogen-bond donors (Lipinski definition) is 1. The SMILES string of the molecule is Cn1cnc2cncc(NC(=O)[C@@H]3CCOc4ccc(Cl)cc43)c21. The Bertz CT molecular complexity index is 937. The average molecular weight is 343 g/mol. The Morgan fingerprint density at radius 2 is 2.29 bits per heavy atom. The first-order valence-electron chi connectivity index (χ1n) is 7.61. The van der Waals surface area contributed by atoms with Crippen LogP contribution in [0.5, 0.6) is 5.75 Å². The van der Waals surface area contributed by atoms with Crippen molar-refractivity contribution in [3.8, 4) is 5.75 Å². The standard InChI is InChI=1S/C17H15ClN4O2/c1-22-9-20-13-7-19-8-14(16(13)22)21-17(23)11-4-5-24-15-3-2-10(18)6-12(11)15/h2-3,6-9,11H,4-5H2,1H3,(H,21,23)/t11-/m1/s1. The second kappa shape index (κ2) is 5.79. The Kier molecular flexibility index (Phi) is 3.61. The Morgan fingerprint density at radius 3 is 3.17 bits per heavy atom. The predicted octanol–water partition coefficient (Wildman–Crippen LogP) is 3.13. The van der Waals surface area contributed by atoms with Crippen LogP contribution in [-0.4, -0.2) is 27.0 Å². The van der Waals surface area contributed by atoms with E-state index in [4.69, 9.17) is 16.3 Å². The molecule has 0 unspecified atom stereocenters. The molecule has 1 amide bonds. The number of aryl methyl sites for hydroxylation is 1. The number of benzene rings is 1. The second-order valence-corrected chi connectivity index (χ2v) is 6.21. The van der Waals surface area contributed by atoms with Crippen molar-refractivity contribution in [2.24, 2.45) is 7.05 Å². The lowest BCUT2D eigenvalue weighted by molar-refractivity contribution is -0.118. The molecule has 122 valence electrons. The molecule has 1 N–H and O–H groups in total. The van der Waals surface area contributed by atoms with Crippen LogP contribution in [0.3, 0.4) is 0 Å². The van der Waals surface area contributed by atoms with Crippen LogP contribution in [0.1, 0.15) is 17.9 Å². The number of carbonyl (C=O) groups excluding carboxylic acids is 1. The predicted molar refractivity (Wildman–Crippen MR) is 91.4 cm³/mol. The van der Waals surface area contributed by atoms with Crippen molar-refractivity contribution in [2.45, 2.75) is 12.3 Å². The average Bonchev–Trinajstić information content (AvgIpc) is 2.96. The van der Waals surface area contributed by atoms with Crippen LogP contribution >= 0.6 is 11.6 Å². The highest BCUT2D eigenvalue weighted by Crippen LogP contribution is 2.36. The van der Waals surface area contributed by atoms with E-state index in [2.05, 4.69) is 15.3 Å². The molecule has 0 spiro atoms. The van der Waals surface area contributed by atoms with Gasteiger partial charge in [0.1, 0.15) is 11.3 Å². The molecular formula is C17H15ClN4O2. The van der Waals surface area contributed by atoms with Gasteiger partial charge in [-0.25, -0.2) is 4.98 Å². The van der Waals surface area contributed by atoms with Crippen molar-refractivity contribution in [1.82, 2.24) is 14.5 Å². The second-order valence-electron chi connectivity index (χ2n) is 5.77. The van der Waals surface area contributed by atoms with Crippen molar-refractivity contribution in [1.29, 1.82) is 0 Å². The first-order chi connectivity index (χ1) is 11.6. The molecule has 1 aromatic carbocycles. The number of hydrogen-bond acceptors (Lipinski definition) is 4. The molecule has 24 heavy (non-hydrogen) atoms. The highest BCUT2D eigenvalue weighted by molar-refractivity contribution is 6.30. The number of nitrogens with one attached hydrogen (secondary N) is 1. The summed E-state index contributed by atoms with van der Waals surface area (Å²) in [6.45, 7) is 0.501. The smallest absolute Gasteiger partial charge is 0.232 e. The Labute approximate surface area is 143 Å². The summed E-state index contributed by atoms with van der Waals surface area (Å²) in [7, 11) is 1.88. The summed E-state index contributed by atoms with van der Waals surface area (Å²) in [6.07, 6.45) is 5.62.